The van der Waals surface area contributed by atoms with Crippen molar-refractivity contribution in [2.75, 3.05) is 7.11 Å². The van der Waals surface area contributed by atoms with Crippen LogP contribution in [0.1, 0.15) is 17.2 Å². The Morgan fingerprint density at radius 1 is 1.27 bits per heavy atom. The van der Waals surface area contributed by atoms with Crippen molar-refractivity contribution in [2.24, 2.45) is 11.5 Å². The van der Waals surface area contributed by atoms with E-state index in [2.05, 4.69) is 13.2 Å². The number of nitrogens with two attached hydrogens (primary N) is 2. The van der Waals surface area contributed by atoms with Crippen LogP contribution in [0.25, 0.3) is 5.76 Å². The highest BCUT2D eigenvalue weighted by Crippen LogP contribution is 2.18. The molecule has 1 aromatic rings. The van der Waals surface area contributed by atoms with E-state index in [9.17, 15) is 0 Å². The molecule has 3 nitrogen and oxygen atoms in total. The van der Waals surface area contributed by atoms with Crippen LogP contribution in [-0.2, 0) is 4.74 Å². The summed E-state index contributed by atoms with van der Waals surface area (Å²) in [4.78, 5) is 0. The second-order valence-electron chi connectivity index (χ2n) is 3.30. The normalized spacial score (nSPS) is 11.9. The lowest BCUT2D eigenvalue weighted by Crippen LogP contribution is -2.17. The molecule has 3 heteroatoms. The topological polar surface area (TPSA) is 61.3 Å². The minimum atomic E-state index is -0.324. The smallest absolute Gasteiger partial charge is 0.118 e. The molecule has 0 fully saturated rings. The number of methoxy groups -OCH3 is 1. The second-order valence-corrected chi connectivity index (χ2v) is 3.30. The van der Waals surface area contributed by atoms with Crippen LogP contribution >= 0.6 is 0 Å². The Hall–Kier alpha value is -1.74. The molecule has 0 heterocycles. The Morgan fingerprint density at radius 2 is 1.80 bits per heavy atom. The van der Waals surface area contributed by atoms with E-state index in [0.717, 1.165) is 11.1 Å². The summed E-state index contributed by atoms with van der Waals surface area (Å²) in [7, 11) is 1.59. The van der Waals surface area contributed by atoms with Crippen LogP contribution < -0.4 is 11.5 Å². The van der Waals surface area contributed by atoms with Gasteiger partial charge in [-0.25, -0.2) is 0 Å². The zero-order chi connectivity index (χ0) is 11.4. The Bertz CT molecular complexity index is 368. The molecule has 80 valence electrons. The third-order valence-electron chi connectivity index (χ3n) is 2.24. The molecular weight excluding hydrogens is 188 g/mol. The number of rotatable bonds is 4. The van der Waals surface area contributed by atoms with Crippen molar-refractivity contribution >= 4 is 5.76 Å². The Kier molecular flexibility index (Phi) is 3.52. The summed E-state index contributed by atoms with van der Waals surface area (Å²) in [5, 5.41) is 0. The largest absolute Gasteiger partial charge is 0.497 e. The van der Waals surface area contributed by atoms with E-state index in [-0.39, 0.29) is 6.04 Å². The van der Waals surface area contributed by atoms with Gasteiger partial charge in [0.2, 0.25) is 0 Å². The zero-order valence-corrected chi connectivity index (χ0v) is 8.86. The predicted molar refractivity (Wildman–Crippen MR) is 62.7 cm³/mol. The molecule has 1 aromatic carbocycles. The van der Waals surface area contributed by atoms with E-state index in [1.165, 1.54) is 0 Å². The Balaban J connectivity index is 2.90. The highest BCUT2D eigenvalue weighted by Gasteiger charge is 2.07. The molecular formula is C12H16N2O. The molecule has 0 aromatic heterocycles. The van der Waals surface area contributed by atoms with Gasteiger partial charge in [-0.3, -0.25) is 0 Å². The van der Waals surface area contributed by atoms with Gasteiger partial charge in [-0.15, -0.1) is 0 Å². The lowest BCUT2D eigenvalue weighted by atomic mass is 10.0. The van der Waals surface area contributed by atoms with E-state index in [1.807, 2.05) is 24.3 Å². The number of benzene rings is 1. The first-order chi connectivity index (χ1) is 7.06. The van der Waals surface area contributed by atoms with Gasteiger partial charge in [-0.2, -0.15) is 0 Å². The molecule has 1 atom stereocenters. The molecule has 15 heavy (non-hydrogen) atoms. The standard InChI is InChI=1S/C12H16N2O/c1-8(13)12(14)11-6-4-10(5-7-11)9(2)15-3/h4-7,12H,1-2,13-14H2,3H3/t12-/m0/s1. The molecule has 0 aliphatic carbocycles. The Morgan fingerprint density at radius 3 is 2.20 bits per heavy atom. The van der Waals surface area contributed by atoms with E-state index in [0.29, 0.717) is 11.5 Å². The van der Waals surface area contributed by atoms with Crippen molar-refractivity contribution in [1.29, 1.82) is 0 Å². The quantitative estimate of drug-likeness (QED) is 0.735. The highest BCUT2D eigenvalue weighted by molar-refractivity contribution is 5.57. The maximum absolute atomic E-state index is 5.82. The van der Waals surface area contributed by atoms with E-state index in [1.54, 1.807) is 7.11 Å². The summed E-state index contributed by atoms with van der Waals surface area (Å²) in [5.74, 6) is 0.627. The molecule has 1 rings (SSSR count). The van der Waals surface area contributed by atoms with Crippen molar-refractivity contribution < 1.29 is 4.74 Å². The fourth-order valence-electron chi connectivity index (χ4n) is 1.21. The van der Waals surface area contributed by atoms with Gasteiger partial charge in [0.05, 0.1) is 13.2 Å². The first-order valence-corrected chi connectivity index (χ1v) is 4.59. The summed E-state index contributed by atoms with van der Waals surface area (Å²) in [6.45, 7) is 7.37. The monoisotopic (exact) mass is 204 g/mol. The summed E-state index contributed by atoms with van der Waals surface area (Å²) < 4.78 is 5.02. The van der Waals surface area contributed by atoms with Gasteiger partial charge < -0.3 is 16.2 Å². The van der Waals surface area contributed by atoms with Crippen LogP contribution in [0.2, 0.25) is 0 Å². The molecule has 0 aliphatic rings. The minimum Gasteiger partial charge on any atom is -0.497 e. The van der Waals surface area contributed by atoms with E-state index in [4.69, 9.17) is 16.2 Å². The maximum Gasteiger partial charge on any atom is 0.118 e. The van der Waals surface area contributed by atoms with Gasteiger partial charge in [0.25, 0.3) is 0 Å². The van der Waals surface area contributed by atoms with Gasteiger partial charge in [0, 0.05) is 11.3 Å². The summed E-state index contributed by atoms with van der Waals surface area (Å²) in [5.41, 5.74) is 13.7. The first kappa shape index (κ1) is 11.3. The second kappa shape index (κ2) is 4.66. The summed E-state index contributed by atoms with van der Waals surface area (Å²) >= 11 is 0. The predicted octanol–water partition coefficient (Wildman–Crippen LogP) is 1.78. The fraction of sp³-hybridized carbons (Fsp3) is 0.167. The van der Waals surface area contributed by atoms with Crippen molar-refractivity contribution in [3.63, 3.8) is 0 Å². The highest BCUT2D eigenvalue weighted by atomic mass is 16.5. The van der Waals surface area contributed by atoms with Crippen molar-refractivity contribution in [1.82, 2.24) is 0 Å². The molecule has 0 amide bonds. The van der Waals surface area contributed by atoms with Crippen LogP contribution in [0.5, 0.6) is 0 Å². The average molecular weight is 204 g/mol. The number of ether oxygens (including phenoxy) is 1. The molecule has 0 unspecified atom stereocenters. The summed E-state index contributed by atoms with van der Waals surface area (Å²) in [6.07, 6.45) is 0. The third-order valence-corrected chi connectivity index (χ3v) is 2.24. The van der Waals surface area contributed by atoms with Crippen LogP contribution in [-0.4, -0.2) is 7.11 Å². The van der Waals surface area contributed by atoms with Crippen molar-refractivity contribution in [3.05, 3.63) is 54.2 Å². The molecule has 0 aliphatic heterocycles. The minimum absolute atomic E-state index is 0.324. The zero-order valence-electron chi connectivity index (χ0n) is 8.86. The molecule has 0 bridgehead atoms. The van der Waals surface area contributed by atoms with Gasteiger partial charge in [-0.05, 0) is 5.56 Å². The molecule has 0 spiro atoms. The van der Waals surface area contributed by atoms with Crippen molar-refractivity contribution in [2.45, 2.75) is 6.04 Å². The average Bonchev–Trinajstić information content (AvgIpc) is 2.27. The van der Waals surface area contributed by atoms with Gasteiger partial charge >= 0.3 is 0 Å². The lowest BCUT2D eigenvalue weighted by molar-refractivity contribution is 0.371. The van der Waals surface area contributed by atoms with E-state index >= 15 is 0 Å². The molecule has 0 radical (unpaired) electrons. The molecule has 4 N–H and O–H groups in total. The molecule has 0 saturated carbocycles. The first-order valence-electron chi connectivity index (χ1n) is 4.59. The number of hydrogen-bond donors (Lipinski definition) is 2. The summed E-state index contributed by atoms with van der Waals surface area (Å²) in [6, 6.07) is 7.24. The number of hydrogen-bond acceptors (Lipinski definition) is 3. The van der Waals surface area contributed by atoms with Crippen molar-refractivity contribution in [3.8, 4) is 0 Å². The van der Waals surface area contributed by atoms with Gasteiger partial charge in [0.1, 0.15) is 5.76 Å². The van der Waals surface area contributed by atoms with Crippen LogP contribution in [0.4, 0.5) is 0 Å². The van der Waals surface area contributed by atoms with Crippen LogP contribution in [0, 0.1) is 0 Å². The van der Waals surface area contributed by atoms with Gasteiger partial charge in [0.15, 0.2) is 0 Å². The lowest BCUT2D eigenvalue weighted by Gasteiger charge is -2.12. The van der Waals surface area contributed by atoms with E-state index < -0.39 is 0 Å². The van der Waals surface area contributed by atoms with Crippen LogP contribution in [0.15, 0.2) is 43.1 Å². The molecule has 0 saturated heterocycles. The third kappa shape index (κ3) is 2.60. The fourth-order valence-corrected chi connectivity index (χ4v) is 1.21. The Labute approximate surface area is 90.0 Å². The maximum atomic E-state index is 5.82. The van der Waals surface area contributed by atoms with Gasteiger partial charge in [-0.1, -0.05) is 37.4 Å². The van der Waals surface area contributed by atoms with Crippen LogP contribution in [0.3, 0.4) is 0 Å². The SMILES string of the molecule is C=C(OC)c1ccc([C@@H](N)C(=C)N)cc1.